The summed E-state index contributed by atoms with van der Waals surface area (Å²) >= 11 is 0. The zero-order valence-corrected chi connectivity index (χ0v) is 14.7. The van der Waals surface area contributed by atoms with E-state index in [1.807, 2.05) is 12.1 Å². The number of rotatable bonds is 6. The van der Waals surface area contributed by atoms with Gasteiger partial charge in [0.15, 0.2) is 0 Å². The Labute approximate surface area is 153 Å². The normalized spacial score (nSPS) is 12.3. The lowest BCUT2D eigenvalue weighted by molar-refractivity contribution is -0.137. The van der Waals surface area contributed by atoms with Crippen LogP contribution >= 0.6 is 0 Å². The molecule has 0 radical (unpaired) electrons. The third-order valence-electron chi connectivity index (χ3n) is 3.79. The third kappa shape index (κ3) is 4.92. The van der Waals surface area contributed by atoms with Crippen molar-refractivity contribution in [3.8, 4) is 0 Å². The van der Waals surface area contributed by atoms with Gasteiger partial charge < -0.3 is 0 Å². The van der Waals surface area contributed by atoms with Gasteiger partial charge in [-0.25, -0.2) is 22.8 Å². The average Bonchev–Trinajstić information content (AvgIpc) is 3.14. The molecule has 0 saturated heterocycles. The SMILES string of the molecule is O=S(=O)(NCc1ccc(Cn2cncn2)cc1)c1ccc(C(F)(F)F)cc1. The Morgan fingerprint density at radius 2 is 1.59 bits per heavy atom. The van der Waals surface area contributed by atoms with Crippen LogP contribution < -0.4 is 4.72 Å². The molecule has 0 aliphatic heterocycles. The van der Waals surface area contributed by atoms with Crippen molar-refractivity contribution in [2.75, 3.05) is 0 Å². The van der Waals surface area contributed by atoms with Crippen LogP contribution in [0.3, 0.4) is 0 Å². The number of alkyl halides is 3. The summed E-state index contributed by atoms with van der Waals surface area (Å²) < 4.78 is 66.2. The first-order valence-corrected chi connectivity index (χ1v) is 9.29. The monoisotopic (exact) mass is 396 g/mol. The Kier molecular flexibility index (Phi) is 5.29. The van der Waals surface area contributed by atoms with E-state index in [4.69, 9.17) is 0 Å². The molecule has 10 heteroatoms. The maximum absolute atomic E-state index is 12.6. The zero-order valence-electron chi connectivity index (χ0n) is 13.9. The van der Waals surface area contributed by atoms with Gasteiger partial charge >= 0.3 is 6.18 Å². The lowest BCUT2D eigenvalue weighted by Gasteiger charge is -2.10. The molecule has 0 unspecified atom stereocenters. The zero-order chi connectivity index (χ0) is 19.5. The largest absolute Gasteiger partial charge is 0.416 e. The van der Waals surface area contributed by atoms with E-state index in [0.717, 1.165) is 29.8 Å². The molecule has 0 saturated carbocycles. The highest BCUT2D eigenvalue weighted by Crippen LogP contribution is 2.29. The van der Waals surface area contributed by atoms with Gasteiger partial charge in [-0.2, -0.15) is 18.3 Å². The standard InChI is InChI=1S/C17H15F3N4O2S/c18-17(19,20)15-5-7-16(8-6-15)27(25,26)23-9-13-1-3-14(4-2-13)10-24-12-21-11-22-24/h1-8,11-12,23H,9-10H2. The lowest BCUT2D eigenvalue weighted by Crippen LogP contribution is -2.23. The first-order chi connectivity index (χ1) is 12.7. The second-order valence-electron chi connectivity index (χ2n) is 5.76. The molecular formula is C17H15F3N4O2S. The van der Waals surface area contributed by atoms with Gasteiger partial charge in [-0.05, 0) is 35.4 Å². The van der Waals surface area contributed by atoms with Crippen molar-refractivity contribution in [3.63, 3.8) is 0 Å². The Morgan fingerprint density at radius 3 is 2.15 bits per heavy atom. The molecule has 1 aromatic heterocycles. The van der Waals surface area contributed by atoms with Crippen molar-refractivity contribution < 1.29 is 21.6 Å². The summed E-state index contributed by atoms with van der Waals surface area (Å²) in [5, 5.41) is 4.00. The quantitative estimate of drug-likeness (QED) is 0.695. The maximum Gasteiger partial charge on any atom is 0.416 e. The number of halogens is 3. The molecular weight excluding hydrogens is 381 g/mol. The van der Waals surface area contributed by atoms with Crippen molar-refractivity contribution in [2.45, 2.75) is 24.2 Å². The van der Waals surface area contributed by atoms with Gasteiger partial charge in [-0.15, -0.1) is 0 Å². The van der Waals surface area contributed by atoms with Crippen LogP contribution in [0.1, 0.15) is 16.7 Å². The Balaban J connectivity index is 1.63. The van der Waals surface area contributed by atoms with Crippen molar-refractivity contribution in [3.05, 3.63) is 77.9 Å². The van der Waals surface area contributed by atoms with Crippen LogP contribution in [-0.4, -0.2) is 23.2 Å². The summed E-state index contributed by atoms with van der Waals surface area (Å²) in [5.41, 5.74) is 0.784. The minimum Gasteiger partial charge on any atom is -0.249 e. The summed E-state index contributed by atoms with van der Waals surface area (Å²) in [5.74, 6) is 0. The van der Waals surface area contributed by atoms with E-state index in [-0.39, 0.29) is 11.4 Å². The molecule has 0 atom stereocenters. The highest BCUT2D eigenvalue weighted by Gasteiger charge is 2.30. The molecule has 27 heavy (non-hydrogen) atoms. The number of aromatic nitrogens is 3. The second-order valence-corrected chi connectivity index (χ2v) is 7.52. The average molecular weight is 396 g/mol. The van der Waals surface area contributed by atoms with Crippen LogP contribution in [-0.2, 0) is 29.3 Å². The molecule has 0 bridgehead atoms. The van der Waals surface area contributed by atoms with Crippen molar-refractivity contribution in [2.24, 2.45) is 0 Å². The summed E-state index contributed by atoms with van der Waals surface area (Å²) in [6, 6.07) is 10.6. The van der Waals surface area contributed by atoms with Gasteiger partial charge in [0.25, 0.3) is 0 Å². The Hall–Kier alpha value is -2.72. The molecule has 3 aromatic rings. The third-order valence-corrected chi connectivity index (χ3v) is 5.21. The predicted molar refractivity (Wildman–Crippen MR) is 91.0 cm³/mol. The molecule has 1 N–H and O–H groups in total. The van der Waals surface area contributed by atoms with E-state index in [1.165, 1.54) is 6.33 Å². The van der Waals surface area contributed by atoms with E-state index < -0.39 is 21.8 Å². The van der Waals surface area contributed by atoms with Crippen LogP contribution in [0.2, 0.25) is 0 Å². The van der Waals surface area contributed by atoms with Gasteiger partial charge in [0.2, 0.25) is 10.0 Å². The Bertz CT molecular complexity index is 984. The van der Waals surface area contributed by atoms with Crippen LogP contribution in [0.25, 0.3) is 0 Å². The molecule has 0 aliphatic rings. The van der Waals surface area contributed by atoms with Crippen molar-refractivity contribution in [1.82, 2.24) is 19.5 Å². The Morgan fingerprint density at radius 1 is 0.963 bits per heavy atom. The van der Waals surface area contributed by atoms with Crippen LogP contribution in [0.5, 0.6) is 0 Å². The molecule has 0 fully saturated rings. The fourth-order valence-electron chi connectivity index (χ4n) is 2.35. The van der Waals surface area contributed by atoms with E-state index in [2.05, 4.69) is 14.8 Å². The first kappa shape index (κ1) is 19.1. The number of hydrogen-bond donors (Lipinski definition) is 1. The molecule has 6 nitrogen and oxygen atoms in total. The number of benzene rings is 2. The minimum absolute atomic E-state index is 0.0208. The topological polar surface area (TPSA) is 76.9 Å². The first-order valence-electron chi connectivity index (χ1n) is 7.81. The maximum atomic E-state index is 12.6. The summed E-state index contributed by atoms with van der Waals surface area (Å²) in [4.78, 5) is 3.63. The van der Waals surface area contributed by atoms with E-state index in [0.29, 0.717) is 12.1 Å². The molecule has 0 aliphatic carbocycles. The molecule has 142 valence electrons. The summed E-state index contributed by atoms with van der Waals surface area (Å²) in [7, 11) is -3.91. The number of nitrogens with zero attached hydrogens (tertiary/aromatic N) is 3. The lowest BCUT2D eigenvalue weighted by atomic mass is 10.1. The van der Waals surface area contributed by atoms with Gasteiger partial charge in [0.05, 0.1) is 17.0 Å². The summed E-state index contributed by atoms with van der Waals surface area (Å²) in [6.45, 7) is 0.560. The van der Waals surface area contributed by atoms with Gasteiger partial charge in [-0.3, -0.25) is 0 Å². The fourth-order valence-corrected chi connectivity index (χ4v) is 3.37. The van der Waals surface area contributed by atoms with Crippen LogP contribution in [0, 0.1) is 0 Å². The van der Waals surface area contributed by atoms with Gasteiger partial charge in [0.1, 0.15) is 12.7 Å². The second kappa shape index (κ2) is 7.49. The van der Waals surface area contributed by atoms with Crippen molar-refractivity contribution in [1.29, 1.82) is 0 Å². The molecule has 2 aromatic carbocycles. The van der Waals surface area contributed by atoms with Crippen LogP contribution in [0.15, 0.2) is 66.1 Å². The molecule has 0 amide bonds. The van der Waals surface area contributed by atoms with E-state index >= 15 is 0 Å². The van der Waals surface area contributed by atoms with Crippen LogP contribution in [0.4, 0.5) is 13.2 Å². The highest BCUT2D eigenvalue weighted by atomic mass is 32.2. The molecule has 0 spiro atoms. The van der Waals surface area contributed by atoms with E-state index in [9.17, 15) is 21.6 Å². The fraction of sp³-hybridized carbons (Fsp3) is 0.176. The van der Waals surface area contributed by atoms with Gasteiger partial charge in [0, 0.05) is 6.54 Å². The summed E-state index contributed by atoms with van der Waals surface area (Å²) in [6.07, 6.45) is -1.49. The number of hydrogen-bond acceptors (Lipinski definition) is 4. The number of nitrogens with one attached hydrogen (secondary N) is 1. The molecule has 3 rings (SSSR count). The number of sulfonamides is 1. The van der Waals surface area contributed by atoms with Gasteiger partial charge in [-0.1, -0.05) is 24.3 Å². The predicted octanol–water partition coefficient (Wildman–Crippen LogP) is 2.82. The van der Waals surface area contributed by atoms with Crippen molar-refractivity contribution >= 4 is 10.0 Å². The van der Waals surface area contributed by atoms with E-state index in [1.54, 1.807) is 23.1 Å². The highest BCUT2D eigenvalue weighted by molar-refractivity contribution is 7.89. The molecule has 1 heterocycles. The smallest absolute Gasteiger partial charge is 0.249 e. The minimum atomic E-state index is -4.51.